The number of pyridine rings is 2. The monoisotopic (exact) mass is 145 g/mol. The molecule has 0 aliphatic heterocycles. The molecular weight excluding hydrogens is 140 g/mol. The van der Waals surface area contributed by atoms with Crippen LogP contribution < -0.4 is 5.56 Å². The lowest BCUT2D eigenvalue weighted by Crippen LogP contribution is -2.02. The molecule has 2 rings (SSSR count). The van der Waals surface area contributed by atoms with Gasteiger partial charge in [-0.15, -0.1) is 0 Å². The number of aromatic nitrogens is 2. The Hall–Kier alpha value is -1.64. The van der Waals surface area contributed by atoms with Crippen LogP contribution in [0.1, 0.15) is 0 Å². The topological polar surface area (TPSA) is 45.8 Å². The number of H-pyrrole nitrogens is 1. The predicted molar refractivity (Wildman–Crippen MR) is 41.2 cm³/mol. The number of nitrogens with zero attached hydrogens (tertiary/aromatic N) is 1. The van der Waals surface area contributed by atoms with E-state index in [2.05, 4.69) is 16.0 Å². The Morgan fingerprint density at radius 1 is 1.45 bits per heavy atom. The summed E-state index contributed by atoms with van der Waals surface area (Å²) in [5.74, 6) is 0. The summed E-state index contributed by atoms with van der Waals surface area (Å²) in [7, 11) is 0. The highest BCUT2D eigenvalue weighted by molar-refractivity contribution is 5.73. The fourth-order valence-corrected chi connectivity index (χ4v) is 0.927. The van der Waals surface area contributed by atoms with Crippen molar-refractivity contribution in [3.05, 3.63) is 40.8 Å². The summed E-state index contributed by atoms with van der Waals surface area (Å²) in [6, 6.07) is 7.79. The Kier molecular flexibility index (Phi) is 1.22. The van der Waals surface area contributed by atoms with Gasteiger partial charge in [0.05, 0.1) is 0 Å². The van der Waals surface area contributed by atoms with Crippen molar-refractivity contribution < 1.29 is 0 Å². The summed E-state index contributed by atoms with van der Waals surface area (Å²) in [6.07, 6.45) is 1.53. The molecular formula is C8H5N2O. The third-order valence-electron chi connectivity index (χ3n) is 1.44. The maximum Gasteiger partial charge on any atom is 0.249 e. The van der Waals surface area contributed by atoms with Gasteiger partial charge in [0.2, 0.25) is 5.56 Å². The maximum atomic E-state index is 10.8. The van der Waals surface area contributed by atoms with Gasteiger partial charge < -0.3 is 4.98 Å². The summed E-state index contributed by atoms with van der Waals surface area (Å²) in [4.78, 5) is 17.3. The highest BCUT2D eigenvalue weighted by Gasteiger charge is 1.91. The molecule has 0 amide bonds. The average molecular weight is 145 g/mol. The smallest absolute Gasteiger partial charge is 0.249 e. The van der Waals surface area contributed by atoms with E-state index < -0.39 is 0 Å². The summed E-state index contributed by atoms with van der Waals surface area (Å²) in [5.41, 5.74) is 0.479. The van der Waals surface area contributed by atoms with Gasteiger partial charge in [-0.25, -0.2) is 4.98 Å². The summed E-state index contributed by atoms with van der Waals surface area (Å²) in [5, 5.41) is 0.895. The Morgan fingerprint density at radius 2 is 2.36 bits per heavy atom. The molecule has 0 fully saturated rings. The van der Waals surface area contributed by atoms with Gasteiger partial charge in [0, 0.05) is 23.7 Å². The van der Waals surface area contributed by atoms with Crippen LogP contribution in [0.3, 0.4) is 0 Å². The van der Waals surface area contributed by atoms with Gasteiger partial charge >= 0.3 is 0 Å². The van der Waals surface area contributed by atoms with Crippen molar-refractivity contribution in [3.63, 3.8) is 0 Å². The molecule has 0 unspecified atom stereocenters. The van der Waals surface area contributed by atoms with E-state index >= 15 is 0 Å². The van der Waals surface area contributed by atoms with E-state index in [1.165, 1.54) is 12.3 Å². The molecule has 3 heteroatoms. The Balaban J connectivity index is 2.94. The molecule has 0 aliphatic carbocycles. The van der Waals surface area contributed by atoms with Gasteiger partial charge in [0.25, 0.3) is 0 Å². The molecule has 3 nitrogen and oxygen atoms in total. The third kappa shape index (κ3) is 1.00. The van der Waals surface area contributed by atoms with E-state index in [4.69, 9.17) is 0 Å². The second kappa shape index (κ2) is 2.20. The largest absolute Gasteiger partial charge is 0.307 e. The van der Waals surface area contributed by atoms with E-state index in [0.717, 1.165) is 5.39 Å². The predicted octanol–water partition coefficient (Wildman–Crippen LogP) is 0.723. The molecule has 0 saturated carbocycles. The van der Waals surface area contributed by atoms with Crippen LogP contribution in [0.25, 0.3) is 11.0 Å². The van der Waals surface area contributed by atoms with Crippen molar-refractivity contribution in [2.75, 3.05) is 0 Å². The SMILES string of the molecule is O=c1ccc2c[c]cnc2[nH]1. The van der Waals surface area contributed by atoms with E-state index in [0.29, 0.717) is 5.65 Å². The normalized spacial score (nSPS) is 10.2. The highest BCUT2D eigenvalue weighted by Crippen LogP contribution is 2.02. The van der Waals surface area contributed by atoms with Crippen LogP contribution in [0.2, 0.25) is 0 Å². The lowest BCUT2D eigenvalue weighted by Gasteiger charge is -1.91. The van der Waals surface area contributed by atoms with Crippen LogP contribution in [0.5, 0.6) is 0 Å². The first-order chi connectivity index (χ1) is 5.36. The maximum absolute atomic E-state index is 10.8. The molecule has 2 heterocycles. The molecule has 1 N–H and O–H groups in total. The first kappa shape index (κ1) is 6.09. The lowest BCUT2D eigenvalue weighted by molar-refractivity contribution is 1.23. The zero-order valence-electron chi connectivity index (χ0n) is 5.66. The molecule has 0 saturated heterocycles. The van der Waals surface area contributed by atoms with Crippen molar-refractivity contribution in [1.82, 2.24) is 9.97 Å². The number of hydrogen-bond acceptors (Lipinski definition) is 2. The zero-order chi connectivity index (χ0) is 7.68. The van der Waals surface area contributed by atoms with Gasteiger partial charge in [-0.2, -0.15) is 0 Å². The van der Waals surface area contributed by atoms with Crippen LogP contribution in [0.15, 0.2) is 29.2 Å². The van der Waals surface area contributed by atoms with Crippen molar-refractivity contribution in [3.8, 4) is 0 Å². The molecule has 0 spiro atoms. The molecule has 0 aromatic carbocycles. The molecule has 1 radical (unpaired) electrons. The van der Waals surface area contributed by atoms with Gasteiger partial charge in [-0.1, -0.05) is 0 Å². The number of fused-ring (bicyclic) bond motifs is 1. The van der Waals surface area contributed by atoms with Crippen molar-refractivity contribution >= 4 is 11.0 Å². The van der Waals surface area contributed by atoms with Crippen molar-refractivity contribution in [2.45, 2.75) is 0 Å². The standard InChI is InChI=1S/C8H5N2O/c11-7-4-3-6-2-1-5-9-8(6)10-7/h2-5H,(H,9,10,11). The second-order valence-electron chi connectivity index (χ2n) is 2.20. The van der Waals surface area contributed by atoms with Crippen LogP contribution in [0.4, 0.5) is 0 Å². The van der Waals surface area contributed by atoms with Crippen molar-refractivity contribution in [2.24, 2.45) is 0 Å². The number of aromatic amines is 1. The molecule has 2 aromatic heterocycles. The molecule has 53 valence electrons. The highest BCUT2D eigenvalue weighted by atomic mass is 16.1. The quantitative estimate of drug-likeness (QED) is 0.593. The third-order valence-corrected chi connectivity index (χ3v) is 1.44. The van der Waals surface area contributed by atoms with Gasteiger partial charge in [0.15, 0.2) is 0 Å². The summed E-state index contributed by atoms with van der Waals surface area (Å²) >= 11 is 0. The first-order valence-electron chi connectivity index (χ1n) is 3.21. The van der Waals surface area contributed by atoms with E-state index in [1.54, 1.807) is 12.1 Å². The number of nitrogens with one attached hydrogen (secondary N) is 1. The second-order valence-corrected chi connectivity index (χ2v) is 2.20. The molecule has 11 heavy (non-hydrogen) atoms. The van der Waals surface area contributed by atoms with Crippen LogP contribution >= 0.6 is 0 Å². The van der Waals surface area contributed by atoms with Crippen LogP contribution in [0, 0.1) is 6.07 Å². The van der Waals surface area contributed by atoms with Crippen molar-refractivity contribution in [1.29, 1.82) is 0 Å². The van der Waals surface area contributed by atoms with Crippen LogP contribution in [-0.2, 0) is 0 Å². The van der Waals surface area contributed by atoms with E-state index in [1.807, 2.05) is 0 Å². The number of hydrogen-bond donors (Lipinski definition) is 1. The Bertz CT molecular complexity index is 433. The van der Waals surface area contributed by atoms with Gasteiger partial charge in [0.1, 0.15) is 5.65 Å². The molecule has 0 atom stereocenters. The van der Waals surface area contributed by atoms with Gasteiger partial charge in [-0.3, -0.25) is 4.79 Å². The number of rotatable bonds is 0. The molecule has 2 aromatic rings. The first-order valence-corrected chi connectivity index (χ1v) is 3.21. The fraction of sp³-hybridized carbons (Fsp3) is 0. The molecule has 0 aliphatic rings. The minimum Gasteiger partial charge on any atom is -0.307 e. The summed E-state index contributed by atoms with van der Waals surface area (Å²) < 4.78 is 0. The minimum atomic E-state index is -0.129. The Labute approximate surface area is 62.7 Å². The summed E-state index contributed by atoms with van der Waals surface area (Å²) in [6.45, 7) is 0. The van der Waals surface area contributed by atoms with Crippen LogP contribution in [-0.4, -0.2) is 9.97 Å². The average Bonchev–Trinajstić information content (AvgIpc) is 2.04. The van der Waals surface area contributed by atoms with E-state index in [9.17, 15) is 4.79 Å². The van der Waals surface area contributed by atoms with Gasteiger partial charge in [-0.05, 0) is 12.1 Å². The minimum absolute atomic E-state index is 0.129. The lowest BCUT2D eigenvalue weighted by atomic mass is 10.3. The van der Waals surface area contributed by atoms with E-state index in [-0.39, 0.29) is 5.56 Å². The fourth-order valence-electron chi connectivity index (χ4n) is 0.927. The Morgan fingerprint density at radius 3 is 3.27 bits per heavy atom. The zero-order valence-corrected chi connectivity index (χ0v) is 5.66. The molecule has 0 bridgehead atoms.